The predicted molar refractivity (Wildman–Crippen MR) is 84.9 cm³/mol. The van der Waals surface area contributed by atoms with Gasteiger partial charge < -0.3 is 10.4 Å². The molecule has 0 saturated heterocycles. The lowest BCUT2D eigenvalue weighted by atomic mass is 10.1. The summed E-state index contributed by atoms with van der Waals surface area (Å²) in [6.07, 6.45) is 0. The van der Waals surface area contributed by atoms with Crippen molar-refractivity contribution in [3.8, 4) is 11.4 Å². The lowest BCUT2D eigenvalue weighted by Gasteiger charge is -2.15. The number of carbonyl (C=O) groups is 1. The van der Waals surface area contributed by atoms with Crippen LogP contribution in [-0.2, 0) is 0 Å². The van der Waals surface area contributed by atoms with Crippen LogP contribution in [0.15, 0.2) is 47.3 Å². The standard InChI is InChI=1S/C17H13N3O3/c1-9-15-19-14-11(6-4-8-13(14)21)17(23)20(15)12-7-3-2-5-10(12)16(22)18-9/h2-9,21H,1H3,(H,18,22)/t9-/m0/s1. The van der Waals surface area contributed by atoms with Crippen molar-refractivity contribution < 1.29 is 9.90 Å². The van der Waals surface area contributed by atoms with E-state index in [1.54, 1.807) is 43.3 Å². The molecular formula is C17H13N3O3. The van der Waals surface area contributed by atoms with Crippen molar-refractivity contribution in [3.63, 3.8) is 0 Å². The monoisotopic (exact) mass is 307 g/mol. The summed E-state index contributed by atoms with van der Waals surface area (Å²) >= 11 is 0. The maximum absolute atomic E-state index is 13.0. The van der Waals surface area contributed by atoms with Gasteiger partial charge in [0.1, 0.15) is 17.1 Å². The van der Waals surface area contributed by atoms with Crippen LogP contribution in [0.25, 0.3) is 16.6 Å². The van der Waals surface area contributed by atoms with Gasteiger partial charge in [0.15, 0.2) is 0 Å². The zero-order chi connectivity index (χ0) is 16.1. The summed E-state index contributed by atoms with van der Waals surface area (Å²) in [5.74, 6) is 0.0765. The van der Waals surface area contributed by atoms with E-state index in [9.17, 15) is 14.7 Å². The Morgan fingerprint density at radius 3 is 2.74 bits per heavy atom. The minimum absolute atomic E-state index is 0.0564. The van der Waals surface area contributed by atoms with Gasteiger partial charge in [-0.2, -0.15) is 0 Å². The van der Waals surface area contributed by atoms with E-state index in [0.29, 0.717) is 22.5 Å². The first-order valence-electron chi connectivity index (χ1n) is 7.23. The molecule has 0 bridgehead atoms. The number of amides is 1. The normalized spacial score (nSPS) is 16.4. The summed E-state index contributed by atoms with van der Waals surface area (Å²) < 4.78 is 1.44. The van der Waals surface area contributed by atoms with Crippen molar-refractivity contribution in [1.29, 1.82) is 0 Å². The lowest BCUT2D eigenvalue weighted by molar-refractivity contribution is 0.0941. The summed E-state index contributed by atoms with van der Waals surface area (Å²) in [5, 5.41) is 13.1. The molecule has 4 rings (SSSR count). The summed E-state index contributed by atoms with van der Waals surface area (Å²) in [7, 11) is 0. The molecule has 0 saturated carbocycles. The van der Waals surface area contributed by atoms with Gasteiger partial charge in [0.2, 0.25) is 0 Å². The Labute approximate surface area is 131 Å². The summed E-state index contributed by atoms with van der Waals surface area (Å²) in [6, 6.07) is 11.1. The van der Waals surface area contributed by atoms with Gasteiger partial charge in [-0.1, -0.05) is 18.2 Å². The number of hydrogen-bond donors (Lipinski definition) is 2. The van der Waals surface area contributed by atoms with E-state index in [2.05, 4.69) is 10.3 Å². The second kappa shape index (κ2) is 4.67. The van der Waals surface area contributed by atoms with Gasteiger partial charge in [-0.3, -0.25) is 14.2 Å². The van der Waals surface area contributed by atoms with Crippen LogP contribution in [0.2, 0.25) is 0 Å². The van der Waals surface area contributed by atoms with Crippen molar-refractivity contribution in [2.75, 3.05) is 0 Å². The first kappa shape index (κ1) is 13.5. The molecule has 23 heavy (non-hydrogen) atoms. The summed E-state index contributed by atoms with van der Waals surface area (Å²) in [6.45, 7) is 1.76. The number of hydrogen-bond acceptors (Lipinski definition) is 4. The predicted octanol–water partition coefficient (Wildman–Crippen LogP) is 1.90. The number of benzene rings is 2. The molecule has 0 aliphatic carbocycles. The molecule has 2 N–H and O–H groups in total. The molecule has 1 aromatic heterocycles. The Bertz CT molecular complexity index is 1020. The number of aromatic nitrogens is 2. The molecule has 114 valence electrons. The van der Waals surface area contributed by atoms with E-state index >= 15 is 0 Å². The van der Waals surface area contributed by atoms with Crippen LogP contribution in [-0.4, -0.2) is 20.6 Å². The second-order valence-electron chi connectivity index (χ2n) is 5.50. The lowest BCUT2D eigenvalue weighted by Crippen LogP contribution is -2.28. The van der Waals surface area contributed by atoms with Crippen LogP contribution in [0, 0.1) is 0 Å². The van der Waals surface area contributed by atoms with Gasteiger partial charge in [0.25, 0.3) is 11.5 Å². The number of nitrogens with zero attached hydrogens (tertiary/aromatic N) is 2. The fourth-order valence-electron chi connectivity index (χ4n) is 2.93. The number of nitrogens with one attached hydrogen (secondary N) is 1. The second-order valence-corrected chi connectivity index (χ2v) is 5.50. The van der Waals surface area contributed by atoms with Crippen LogP contribution in [0.5, 0.6) is 5.75 Å². The summed E-state index contributed by atoms with van der Waals surface area (Å²) in [5.41, 5.74) is 0.842. The van der Waals surface area contributed by atoms with Gasteiger partial charge in [0.05, 0.1) is 22.7 Å². The van der Waals surface area contributed by atoms with E-state index in [1.165, 1.54) is 10.6 Å². The van der Waals surface area contributed by atoms with Crippen molar-refractivity contribution in [3.05, 3.63) is 64.2 Å². The minimum atomic E-state index is -0.466. The smallest absolute Gasteiger partial charge is 0.266 e. The van der Waals surface area contributed by atoms with Gasteiger partial charge >= 0.3 is 0 Å². The number of fused-ring (bicyclic) bond motifs is 4. The zero-order valence-electron chi connectivity index (χ0n) is 12.3. The number of rotatable bonds is 0. The average molecular weight is 307 g/mol. The number of carbonyl (C=O) groups excluding carboxylic acids is 1. The van der Waals surface area contributed by atoms with E-state index in [-0.39, 0.29) is 22.7 Å². The molecule has 1 aliphatic heterocycles. The fraction of sp³-hybridized carbons (Fsp3) is 0.118. The van der Waals surface area contributed by atoms with Crippen molar-refractivity contribution in [2.24, 2.45) is 0 Å². The highest BCUT2D eigenvalue weighted by Gasteiger charge is 2.27. The fourth-order valence-corrected chi connectivity index (χ4v) is 2.93. The molecule has 1 aliphatic rings. The number of para-hydroxylation sites is 2. The van der Waals surface area contributed by atoms with Gasteiger partial charge in [-0.15, -0.1) is 0 Å². The van der Waals surface area contributed by atoms with Crippen LogP contribution in [0.4, 0.5) is 0 Å². The molecular weight excluding hydrogens is 294 g/mol. The van der Waals surface area contributed by atoms with Crippen LogP contribution in [0.3, 0.4) is 0 Å². The zero-order valence-corrected chi connectivity index (χ0v) is 12.3. The molecule has 1 atom stereocenters. The van der Waals surface area contributed by atoms with E-state index in [1.807, 2.05) is 0 Å². The van der Waals surface area contributed by atoms with Crippen molar-refractivity contribution in [2.45, 2.75) is 13.0 Å². The number of phenolic OH excluding ortho intramolecular Hbond substituents is 1. The third-order valence-electron chi connectivity index (χ3n) is 4.03. The topological polar surface area (TPSA) is 84.2 Å². The minimum Gasteiger partial charge on any atom is -0.506 e. The molecule has 2 heterocycles. The molecule has 0 radical (unpaired) electrons. The molecule has 6 heteroatoms. The third kappa shape index (κ3) is 1.85. The average Bonchev–Trinajstić information content (AvgIpc) is 2.65. The van der Waals surface area contributed by atoms with Crippen LogP contribution >= 0.6 is 0 Å². The third-order valence-corrected chi connectivity index (χ3v) is 4.03. The molecule has 6 nitrogen and oxygen atoms in total. The largest absolute Gasteiger partial charge is 0.506 e. The Hall–Kier alpha value is -3.15. The maximum Gasteiger partial charge on any atom is 0.266 e. The Kier molecular flexibility index (Phi) is 2.74. The molecule has 0 fully saturated rings. The molecule has 1 amide bonds. The van der Waals surface area contributed by atoms with Crippen LogP contribution in [0.1, 0.15) is 29.1 Å². The van der Waals surface area contributed by atoms with Gasteiger partial charge in [-0.05, 0) is 31.2 Å². The first-order chi connectivity index (χ1) is 11.1. The van der Waals surface area contributed by atoms with E-state index in [4.69, 9.17) is 0 Å². The first-order valence-corrected chi connectivity index (χ1v) is 7.23. The Morgan fingerprint density at radius 2 is 1.91 bits per heavy atom. The highest BCUT2D eigenvalue weighted by atomic mass is 16.3. The molecule has 0 spiro atoms. The quantitative estimate of drug-likeness (QED) is 0.664. The van der Waals surface area contributed by atoms with E-state index < -0.39 is 6.04 Å². The highest BCUT2D eigenvalue weighted by Crippen LogP contribution is 2.27. The summed E-state index contributed by atoms with van der Waals surface area (Å²) in [4.78, 5) is 29.8. The maximum atomic E-state index is 13.0. The Balaban J connectivity index is 2.21. The SMILES string of the molecule is C[C@@H]1NC(=O)c2ccccc2-n2c1nc1c(O)cccc1c2=O. The Morgan fingerprint density at radius 1 is 1.13 bits per heavy atom. The van der Waals surface area contributed by atoms with Gasteiger partial charge in [-0.25, -0.2) is 4.98 Å². The van der Waals surface area contributed by atoms with E-state index in [0.717, 1.165) is 0 Å². The molecule has 0 unspecified atom stereocenters. The van der Waals surface area contributed by atoms with Crippen LogP contribution < -0.4 is 10.9 Å². The van der Waals surface area contributed by atoms with Gasteiger partial charge in [0, 0.05) is 0 Å². The molecule has 3 aromatic rings. The van der Waals surface area contributed by atoms with Crippen molar-refractivity contribution in [1.82, 2.24) is 14.9 Å². The number of phenols is 1. The number of aromatic hydroxyl groups is 1. The highest BCUT2D eigenvalue weighted by molar-refractivity contribution is 5.98. The van der Waals surface area contributed by atoms with Crippen molar-refractivity contribution >= 4 is 16.8 Å². The molecule has 2 aromatic carbocycles.